The first-order chi connectivity index (χ1) is 5.91. The van der Waals surface area contributed by atoms with Crippen LogP contribution in [0.5, 0.6) is 0 Å². The summed E-state index contributed by atoms with van der Waals surface area (Å²) >= 11 is 0. The summed E-state index contributed by atoms with van der Waals surface area (Å²) in [5.41, 5.74) is 1.94. The van der Waals surface area contributed by atoms with Crippen molar-refractivity contribution in [2.45, 2.75) is 66.2 Å². The van der Waals surface area contributed by atoms with Crippen LogP contribution in [0.3, 0.4) is 0 Å². The minimum Gasteiger partial charge on any atom is -0.0593 e. The van der Waals surface area contributed by atoms with Gasteiger partial charge in [0.2, 0.25) is 0 Å². The fraction of sp³-hybridized carbons (Fsp3) is 1.00. The molecule has 0 aromatic carbocycles. The maximum Gasteiger partial charge on any atom is -0.0195 e. The van der Waals surface area contributed by atoms with Crippen molar-refractivity contribution >= 4 is 0 Å². The zero-order chi connectivity index (χ0) is 9.74. The largest absolute Gasteiger partial charge is 0.0593 e. The van der Waals surface area contributed by atoms with Crippen molar-refractivity contribution in [1.82, 2.24) is 0 Å². The molecule has 0 bridgehead atoms. The zero-order valence-corrected chi connectivity index (χ0v) is 9.74. The highest BCUT2D eigenvalue weighted by Crippen LogP contribution is 2.72. The molecule has 0 atom stereocenters. The smallest absolute Gasteiger partial charge is 0.0195 e. The van der Waals surface area contributed by atoms with E-state index in [1.165, 1.54) is 38.5 Å². The Morgan fingerprint density at radius 2 is 1.15 bits per heavy atom. The lowest BCUT2D eigenvalue weighted by Gasteiger charge is -2.69. The van der Waals surface area contributed by atoms with Crippen molar-refractivity contribution in [2.75, 3.05) is 0 Å². The van der Waals surface area contributed by atoms with E-state index in [9.17, 15) is 0 Å². The molecule has 76 valence electrons. The molecule has 0 N–H and O–H groups in total. The highest BCUT2D eigenvalue weighted by atomic mass is 14.7. The van der Waals surface area contributed by atoms with Crippen LogP contribution in [-0.4, -0.2) is 0 Å². The predicted octanol–water partition coefficient (Wildman–Crippen LogP) is 4.39. The molecule has 13 heavy (non-hydrogen) atoms. The van der Waals surface area contributed by atoms with E-state index in [-0.39, 0.29) is 0 Å². The minimum absolute atomic E-state index is 0.622. The molecule has 2 fully saturated rings. The van der Waals surface area contributed by atoms with E-state index < -0.39 is 0 Å². The molecular weight excluding hydrogens is 156 g/mol. The van der Waals surface area contributed by atoms with Crippen molar-refractivity contribution in [3.05, 3.63) is 0 Å². The second-order valence-electron chi connectivity index (χ2n) is 6.59. The van der Waals surface area contributed by atoms with Gasteiger partial charge in [-0.2, -0.15) is 0 Å². The molecule has 0 heterocycles. The highest BCUT2D eigenvalue weighted by Gasteiger charge is 2.63. The Labute approximate surface area is 83.1 Å². The molecule has 2 saturated carbocycles. The summed E-state index contributed by atoms with van der Waals surface area (Å²) in [5.74, 6) is 0. The summed E-state index contributed by atoms with van der Waals surface area (Å²) in [4.78, 5) is 0. The molecule has 0 aliphatic heterocycles. The molecule has 0 saturated heterocycles. The first-order valence-corrected chi connectivity index (χ1v) is 5.91. The molecule has 0 amide bonds. The number of rotatable bonds is 0. The third-order valence-electron chi connectivity index (χ3n) is 5.18. The van der Waals surface area contributed by atoms with Crippen molar-refractivity contribution < 1.29 is 0 Å². The van der Waals surface area contributed by atoms with Gasteiger partial charge in [-0.05, 0) is 35.5 Å². The maximum absolute atomic E-state index is 2.49. The lowest BCUT2D eigenvalue weighted by atomic mass is 9.35. The molecule has 2 rings (SSSR count). The van der Waals surface area contributed by atoms with Gasteiger partial charge in [0.25, 0.3) is 0 Å². The molecule has 0 aromatic rings. The maximum atomic E-state index is 2.49. The van der Waals surface area contributed by atoms with Crippen molar-refractivity contribution in [3.8, 4) is 0 Å². The second-order valence-corrected chi connectivity index (χ2v) is 6.59. The molecule has 0 aromatic heterocycles. The standard InChI is InChI=1S/C13H24/c1-11(2)10-12(3,4)13(11)8-6-5-7-9-13/h5-10H2,1-4H3. The molecule has 0 heteroatoms. The Hall–Kier alpha value is 0. The Balaban J connectivity index is 2.26. The van der Waals surface area contributed by atoms with E-state index in [1.807, 2.05) is 0 Å². The predicted molar refractivity (Wildman–Crippen MR) is 57.7 cm³/mol. The van der Waals surface area contributed by atoms with E-state index >= 15 is 0 Å². The van der Waals surface area contributed by atoms with Crippen LogP contribution in [0.25, 0.3) is 0 Å². The number of hydrogen-bond acceptors (Lipinski definition) is 0. The minimum atomic E-state index is 0.622. The Morgan fingerprint density at radius 1 is 0.692 bits per heavy atom. The Kier molecular flexibility index (Phi) is 1.85. The van der Waals surface area contributed by atoms with Crippen LogP contribution in [0, 0.1) is 16.2 Å². The van der Waals surface area contributed by atoms with Gasteiger partial charge < -0.3 is 0 Å². The SMILES string of the molecule is CC1(C)CC(C)(C)C12CCCCC2. The van der Waals surface area contributed by atoms with Crippen LogP contribution in [0.2, 0.25) is 0 Å². The summed E-state index contributed by atoms with van der Waals surface area (Å²) in [7, 11) is 0. The normalized spacial score (nSPS) is 34.2. The van der Waals surface area contributed by atoms with Crippen LogP contribution in [0.4, 0.5) is 0 Å². The lowest BCUT2D eigenvalue weighted by molar-refractivity contribution is -0.202. The van der Waals surface area contributed by atoms with Gasteiger partial charge in [-0.15, -0.1) is 0 Å². The van der Waals surface area contributed by atoms with Gasteiger partial charge in [0.1, 0.15) is 0 Å². The monoisotopic (exact) mass is 180 g/mol. The van der Waals surface area contributed by atoms with Gasteiger partial charge in [-0.1, -0.05) is 47.0 Å². The van der Waals surface area contributed by atoms with E-state index in [4.69, 9.17) is 0 Å². The first-order valence-electron chi connectivity index (χ1n) is 5.91. The van der Waals surface area contributed by atoms with E-state index in [0.29, 0.717) is 16.2 Å². The number of hydrogen-bond donors (Lipinski definition) is 0. The topological polar surface area (TPSA) is 0 Å². The van der Waals surface area contributed by atoms with Crippen LogP contribution in [-0.2, 0) is 0 Å². The molecule has 0 radical (unpaired) electrons. The average molecular weight is 180 g/mol. The lowest BCUT2D eigenvalue weighted by Crippen LogP contribution is -2.61. The van der Waals surface area contributed by atoms with E-state index in [2.05, 4.69) is 27.7 Å². The van der Waals surface area contributed by atoms with Gasteiger partial charge in [0.05, 0.1) is 0 Å². The summed E-state index contributed by atoms with van der Waals surface area (Å²) in [6, 6.07) is 0. The summed E-state index contributed by atoms with van der Waals surface area (Å²) in [5, 5.41) is 0. The zero-order valence-electron chi connectivity index (χ0n) is 9.74. The van der Waals surface area contributed by atoms with Crippen LogP contribution >= 0.6 is 0 Å². The molecule has 2 aliphatic carbocycles. The summed E-state index contributed by atoms with van der Waals surface area (Å²) in [6.45, 7) is 9.96. The Morgan fingerprint density at radius 3 is 1.46 bits per heavy atom. The van der Waals surface area contributed by atoms with Crippen molar-refractivity contribution in [2.24, 2.45) is 16.2 Å². The van der Waals surface area contributed by atoms with Gasteiger partial charge in [0.15, 0.2) is 0 Å². The second kappa shape index (κ2) is 2.52. The fourth-order valence-electron chi connectivity index (χ4n) is 4.76. The van der Waals surface area contributed by atoms with Crippen LogP contribution in [0.1, 0.15) is 66.2 Å². The molecule has 2 aliphatic rings. The van der Waals surface area contributed by atoms with Crippen molar-refractivity contribution in [3.63, 3.8) is 0 Å². The molecule has 1 spiro atoms. The molecular formula is C13H24. The third kappa shape index (κ3) is 1.04. The highest BCUT2D eigenvalue weighted by molar-refractivity contribution is 5.13. The third-order valence-corrected chi connectivity index (χ3v) is 5.18. The van der Waals surface area contributed by atoms with Gasteiger partial charge in [-0.3, -0.25) is 0 Å². The summed E-state index contributed by atoms with van der Waals surface area (Å²) in [6.07, 6.45) is 8.85. The average Bonchev–Trinajstić information content (AvgIpc) is 2.03. The Bertz CT molecular complexity index is 188. The first kappa shape index (κ1) is 9.55. The van der Waals surface area contributed by atoms with E-state index in [1.54, 1.807) is 0 Å². The van der Waals surface area contributed by atoms with Gasteiger partial charge in [-0.25, -0.2) is 0 Å². The van der Waals surface area contributed by atoms with Gasteiger partial charge >= 0.3 is 0 Å². The van der Waals surface area contributed by atoms with Crippen molar-refractivity contribution in [1.29, 1.82) is 0 Å². The van der Waals surface area contributed by atoms with Gasteiger partial charge in [0, 0.05) is 0 Å². The fourth-order valence-corrected chi connectivity index (χ4v) is 4.76. The van der Waals surface area contributed by atoms with E-state index in [0.717, 1.165) is 0 Å². The summed E-state index contributed by atoms with van der Waals surface area (Å²) < 4.78 is 0. The molecule has 0 nitrogen and oxygen atoms in total. The van der Waals surface area contributed by atoms with Crippen LogP contribution in [0.15, 0.2) is 0 Å². The van der Waals surface area contributed by atoms with Crippen LogP contribution < -0.4 is 0 Å². The quantitative estimate of drug-likeness (QED) is 0.518. The molecule has 0 unspecified atom stereocenters.